The molecule has 0 aliphatic heterocycles. The van der Waals surface area contributed by atoms with E-state index >= 15 is 0 Å². The molecule has 1 aromatic rings. The Balaban J connectivity index is 2.21. The van der Waals surface area contributed by atoms with Gasteiger partial charge in [-0.1, -0.05) is 6.07 Å². The van der Waals surface area contributed by atoms with E-state index in [0.717, 1.165) is 23.8 Å². The number of rotatable bonds is 3. The van der Waals surface area contributed by atoms with Crippen LogP contribution >= 0.6 is 0 Å². The zero-order valence-corrected chi connectivity index (χ0v) is 8.05. The van der Waals surface area contributed by atoms with Crippen molar-refractivity contribution < 1.29 is 4.74 Å². The zero-order chi connectivity index (χ0) is 9.26. The molecule has 1 fully saturated rings. The second kappa shape index (κ2) is 3.41. The molecule has 1 radical (unpaired) electrons. The monoisotopic (exact) mass is 175 g/mol. The Kier molecular flexibility index (Phi) is 2.26. The second-order valence-electron chi connectivity index (χ2n) is 3.57. The highest BCUT2D eigenvalue weighted by atomic mass is 16.5. The first-order chi connectivity index (χ1) is 6.31. The summed E-state index contributed by atoms with van der Waals surface area (Å²) >= 11 is 0. The maximum atomic E-state index is 5.40. The van der Waals surface area contributed by atoms with Gasteiger partial charge in [0.25, 0.3) is 0 Å². The minimum atomic E-state index is 0.724. The van der Waals surface area contributed by atoms with Gasteiger partial charge in [0.05, 0.1) is 6.61 Å². The summed E-state index contributed by atoms with van der Waals surface area (Å²) in [5.74, 6) is 1.72. The van der Waals surface area contributed by atoms with Gasteiger partial charge >= 0.3 is 0 Å². The fourth-order valence-corrected chi connectivity index (χ4v) is 1.63. The topological polar surface area (TPSA) is 9.23 Å². The largest absolute Gasteiger partial charge is 0.494 e. The molecular weight excluding hydrogens is 160 g/mol. The predicted octanol–water partition coefficient (Wildman–Crippen LogP) is 3.14. The van der Waals surface area contributed by atoms with Crippen LogP contribution in [0.25, 0.3) is 0 Å². The molecule has 0 N–H and O–H groups in total. The molecule has 0 bridgehead atoms. The molecule has 0 atom stereocenters. The molecule has 1 nitrogen and oxygen atoms in total. The molecule has 13 heavy (non-hydrogen) atoms. The molecule has 0 amide bonds. The van der Waals surface area contributed by atoms with Crippen LogP contribution in [-0.4, -0.2) is 6.61 Å². The normalized spacial score (nSPS) is 15.8. The lowest BCUT2D eigenvalue weighted by Gasteiger charge is -2.07. The van der Waals surface area contributed by atoms with Crippen molar-refractivity contribution >= 4 is 0 Å². The third kappa shape index (κ3) is 1.85. The number of hydrogen-bond donors (Lipinski definition) is 0. The fourth-order valence-electron chi connectivity index (χ4n) is 1.63. The van der Waals surface area contributed by atoms with E-state index in [1.54, 1.807) is 0 Å². The van der Waals surface area contributed by atoms with E-state index in [9.17, 15) is 0 Å². The summed E-state index contributed by atoms with van der Waals surface area (Å²) in [6.45, 7) is 6.77. The highest BCUT2D eigenvalue weighted by molar-refractivity contribution is 5.41. The van der Waals surface area contributed by atoms with Gasteiger partial charge in [0, 0.05) is 0 Å². The molecule has 0 aromatic heterocycles. The lowest BCUT2D eigenvalue weighted by Crippen LogP contribution is -1.93. The summed E-state index contributed by atoms with van der Waals surface area (Å²) in [7, 11) is 0. The maximum Gasteiger partial charge on any atom is 0.119 e. The molecule has 1 saturated carbocycles. The lowest BCUT2D eigenvalue weighted by molar-refractivity contribution is 0.340. The molecule has 1 heteroatoms. The molecule has 1 aromatic carbocycles. The summed E-state index contributed by atoms with van der Waals surface area (Å²) in [5, 5.41) is 0. The predicted molar refractivity (Wildman–Crippen MR) is 54.0 cm³/mol. The lowest BCUT2D eigenvalue weighted by atomic mass is 10.0. The molecule has 0 saturated heterocycles. The summed E-state index contributed by atoms with van der Waals surface area (Å²) in [5.41, 5.74) is 2.54. The van der Waals surface area contributed by atoms with Crippen LogP contribution in [0.3, 0.4) is 0 Å². The van der Waals surface area contributed by atoms with Gasteiger partial charge in [-0.15, -0.1) is 0 Å². The highest BCUT2D eigenvalue weighted by Gasteiger charge is 2.24. The summed E-state index contributed by atoms with van der Waals surface area (Å²) in [6, 6.07) is 6.24. The van der Waals surface area contributed by atoms with E-state index in [1.807, 2.05) is 19.1 Å². The Morgan fingerprint density at radius 2 is 2.23 bits per heavy atom. The van der Waals surface area contributed by atoms with Crippen LogP contribution in [0.15, 0.2) is 18.2 Å². The number of hydrogen-bond acceptors (Lipinski definition) is 1. The first kappa shape index (κ1) is 8.61. The van der Waals surface area contributed by atoms with Gasteiger partial charge in [-0.05, 0) is 55.9 Å². The van der Waals surface area contributed by atoms with Gasteiger partial charge in [-0.3, -0.25) is 0 Å². The third-order valence-corrected chi connectivity index (χ3v) is 2.44. The summed E-state index contributed by atoms with van der Waals surface area (Å²) in [6.07, 6.45) is 2.66. The highest BCUT2D eigenvalue weighted by Crippen LogP contribution is 2.42. The van der Waals surface area contributed by atoms with Crippen molar-refractivity contribution in [2.24, 2.45) is 0 Å². The summed E-state index contributed by atoms with van der Waals surface area (Å²) in [4.78, 5) is 0. The Labute approximate surface area is 79.7 Å². The van der Waals surface area contributed by atoms with E-state index in [2.05, 4.69) is 13.0 Å². The molecule has 0 spiro atoms. The van der Waals surface area contributed by atoms with Gasteiger partial charge in [0.2, 0.25) is 0 Å². The first-order valence-electron chi connectivity index (χ1n) is 4.90. The van der Waals surface area contributed by atoms with Crippen molar-refractivity contribution in [2.45, 2.75) is 25.7 Å². The molecule has 0 heterocycles. The van der Waals surface area contributed by atoms with Crippen molar-refractivity contribution in [1.29, 1.82) is 0 Å². The van der Waals surface area contributed by atoms with Gasteiger partial charge in [0.15, 0.2) is 0 Å². The minimum absolute atomic E-state index is 0.724. The third-order valence-electron chi connectivity index (χ3n) is 2.44. The van der Waals surface area contributed by atoms with E-state index in [4.69, 9.17) is 4.74 Å². The van der Waals surface area contributed by atoms with Crippen LogP contribution in [0, 0.1) is 6.92 Å². The van der Waals surface area contributed by atoms with Crippen molar-refractivity contribution in [1.82, 2.24) is 0 Å². The van der Waals surface area contributed by atoms with Crippen LogP contribution in [0.1, 0.15) is 36.8 Å². The molecule has 1 aliphatic rings. The Morgan fingerprint density at radius 1 is 1.46 bits per heavy atom. The fraction of sp³-hybridized carbons (Fsp3) is 0.417. The molecule has 1 aliphatic carbocycles. The summed E-state index contributed by atoms with van der Waals surface area (Å²) < 4.78 is 5.40. The number of benzene rings is 1. The first-order valence-corrected chi connectivity index (χ1v) is 4.90. The van der Waals surface area contributed by atoms with Crippen LogP contribution in [-0.2, 0) is 0 Å². The smallest absolute Gasteiger partial charge is 0.119 e. The van der Waals surface area contributed by atoms with Crippen LogP contribution in [0.5, 0.6) is 5.75 Å². The van der Waals surface area contributed by atoms with E-state index in [1.165, 1.54) is 18.4 Å². The SMILES string of the molecule is [CH2]c1cc(OCC)ccc1C1CC1. The van der Waals surface area contributed by atoms with Crippen molar-refractivity contribution in [3.8, 4) is 5.75 Å². The molecule has 2 rings (SSSR count). The Morgan fingerprint density at radius 3 is 2.77 bits per heavy atom. The van der Waals surface area contributed by atoms with E-state index in [0.29, 0.717) is 0 Å². The Bertz CT molecular complexity index is 300. The second-order valence-corrected chi connectivity index (χ2v) is 3.57. The van der Waals surface area contributed by atoms with E-state index < -0.39 is 0 Å². The maximum absolute atomic E-state index is 5.40. The zero-order valence-electron chi connectivity index (χ0n) is 8.05. The Hall–Kier alpha value is -0.980. The number of ether oxygens (including phenoxy) is 1. The average Bonchev–Trinajstić information content (AvgIpc) is 2.88. The van der Waals surface area contributed by atoms with Crippen LogP contribution in [0.4, 0.5) is 0 Å². The molecule has 0 unspecified atom stereocenters. The average molecular weight is 175 g/mol. The molecular formula is C12H15O. The van der Waals surface area contributed by atoms with Crippen LogP contribution in [0.2, 0.25) is 0 Å². The van der Waals surface area contributed by atoms with Gasteiger partial charge < -0.3 is 4.74 Å². The van der Waals surface area contributed by atoms with Crippen molar-refractivity contribution in [2.75, 3.05) is 6.61 Å². The molecule has 69 valence electrons. The quantitative estimate of drug-likeness (QED) is 0.685. The minimum Gasteiger partial charge on any atom is -0.494 e. The van der Waals surface area contributed by atoms with Crippen molar-refractivity contribution in [3.05, 3.63) is 36.2 Å². The van der Waals surface area contributed by atoms with Gasteiger partial charge in [-0.25, -0.2) is 0 Å². The van der Waals surface area contributed by atoms with Crippen molar-refractivity contribution in [3.63, 3.8) is 0 Å². The van der Waals surface area contributed by atoms with Gasteiger partial charge in [0.1, 0.15) is 5.75 Å². The standard InChI is InChI=1S/C12H15O/c1-3-13-11-6-7-12(9(2)8-11)10-4-5-10/h6-8,10H,2-5H2,1H3. The van der Waals surface area contributed by atoms with E-state index in [-0.39, 0.29) is 0 Å². The van der Waals surface area contributed by atoms with Gasteiger partial charge in [-0.2, -0.15) is 0 Å². The van der Waals surface area contributed by atoms with Crippen LogP contribution < -0.4 is 4.74 Å².